The van der Waals surface area contributed by atoms with E-state index >= 15 is 0 Å². The van der Waals surface area contributed by atoms with E-state index in [1.807, 2.05) is 6.92 Å². The Labute approximate surface area is 109 Å². The van der Waals surface area contributed by atoms with Crippen LogP contribution in [0.4, 0.5) is 0 Å². The fraction of sp³-hybridized carbons (Fsp3) is 1.00. The van der Waals surface area contributed by atoms with Crippen LogP contribution in [0, 0.1) is 17.8 Å². The van der Waals surface area contributed by atoms with Gasteiger partial charge in [-0.15, -0.1) is 0 Å². The predicted molar refractivity (Wildman–Crippen MR) is 77.2 cm³/mol. The molecule has 0 rings (SSSR count). The summed E-state index contributed by atoms with van der Waals surface area (Å²) in [6, 6.07) is 0. The summed E-state index contributed by atoms with van der Waals surface area (Å²) < 4.78 is 0. The molecule has 0 bridgehead atoms. The zero-order chi connectivity index (χ0) is 13.3. The molecule has 0 heterocycles. The molecular weight excluding hydrogens is 208 g/mol. The van der Waals surface area contributed by atoms with Gasteiger partial charge in [0.15, 0.2) is 0 Å². The Morgan fingerprint density at radius 1 is 0.765 bits per heavy atom. The molecule has 0 saturated heterocycles. The summed E-state index contributed by atoms with van der Waals surface area (Å²) in [6.45, 7) is 11.1. The van der Waals surface area contributed by atoms with Gasteiger partial charge in [0.1, 0.15) is 0 Å². The first-order valence-corrected chi connectivity index (χ1v) is 7.65. The van der Waals surface area contributed by atoms with Crippen molar-refractivity contribution in [3.8, 4) is 0 Å². The van der Waals surface area contributed by atoms with Gasteiger partial charge in [0, 0.05) is 0 Å². The van der Waals surface area contributed by atoms with Crippen molar-refractivity contribution in [3.05, 3.63) is 0 Å². The molecule has 0 aliphatic carbocycles. The molecule has 17 heavy (non-hydrogen) atoms. The number of hydrogen-bond donors (Lipinski definition) is 1. The van der Waals surface area contributed by atoms with Crippen molar-refractivity contribution in [2.45, 2.75) is 85.7 Å². The van der Waals surface area contributed by atoms with Gasteiger partial charge >= 0.3 is 0 Å². The van der Waals surface area contributed by atoms with Crippen molar-refractivity contribution < 1.29 is 5.11 Å². The van der Waals surface area contributed by atoms with Gasteiger partial charge in [-0.3, -0.25) is 0 Å². The summed E-state index contributed by atoms with van der Waals surface area (Å²) in [4.78, 5) is 0. The lowest BCUT2D eigenvalue weighted by molar-refractivity contribution is 0.127. The number of aliphatic hydroxyl groups excluding tert-OH is 1. The molecule has 1 nitrogen and oxygen atoms in total. The van der Waals surface area contributed by atoms with E-state index in [0.29, 0.717) is 5.92 Å². The second-order valence-corrected chi connectivity index (χ2v) is 6.20. The Morgan fingerprint density at radius 2 is 1.24 bits per heavy atom. The molecule has 0 aromatic carbocycles. The molecule has 0 aliphatic heterocycles. The number of rotatable bonds is 10. The molecule has 1 N–H and O–H groups in total. The molecule has 0 amide bonds. The number of hydrogen-bond acceptors (Lipinski definition) is 1. The first-order valence-electron chi connectivity index (χ1n) is 7.65. The second-order valence-electron chi connectivity index (χ2n) is 6.20. The van der Waals surface area contributed by atoms with Crippen molar-refractivity contribution >= 4 is 0 Å². The highest BCUT2D eigenvalue weighted by Crippen LogP contribution is 2.20. The molecule has 0 aromatic heterocycles. The molecule has 1 heteroatoms. The smallest absolute Gasteiger partial charge is 0.0537 e. The Morgan fingerprint density at radius 3 is 1.71 bits per heavy atom. The van der Waals surface area contributed by atoms with Crippen LogP contribution in [-0.2, 0) is 0 Å². The maximum atomic E-state index is 9.42. The van der Waals surface area contributed by atoms with Gasteiger partial charge in [-0.05, 0) is 31.1 Å². The summed E-state index contributed by atoms with van der Waals surface area (Å²) in [5, 5.41) is 9.42. The van der Waals surface area contributed by atoms with E-state index in [9.17, 15) is 5.11 Å². The van der Waals surface area contributed by atoms with E-state index < -0.39 is 0 Å². The van der Waals surface area contributed by atoms with Crippen molar-refractivity contribution in [1.29, 1.82) is 0 Å². The molecule has 0 aromatic rings. The molecule has 0 spiro atoms. The van der Waals surface area contributed by atoms with Crippen molar-refractivity contribution in [3.63, 3.8) is 0 Å². The first kappa shape index (κ1) is 17.0. The molecular formula is C16H34O. The van der Waals surface area contributed by atoms with E-state index in [2.05, 4.69) is 27.7 Å². The van der Waals surface area contributed by atoms with E-state index in [4.69, 9.17) is 0 Å². The van der Waals surface area contributed by atoms with Crippen LogP contribution in [0.5, 0.6) is 0 Å². The van der Waals surface area contributed by atoms with Crippen LogP contribution in [-0.4, -0.2) is 11.2 Å². The molecule has 0 fully saturated rings. The van der Waals surface area contributed by atoms with Gasteiger partial charge in [0.05, 0.1) is 6.10 Å². The largest absolute Gasteiger partial charge is 0.393 e. The van der Waals surface area contributed by atoms with E-state index in [0.717, 1.165) is 11.8 Å². The van der Waals surface area contributed by atoms with E-state index in [-0.39, 0.29) is 6.10 Å². The van der Waals surface area contributed by atoms with Crippen LogP contribution in [0.15, 0.2) is 0 Å². The number of aliphatic hydroxyl groups is 1. The summed E-state index contributed by atoms with van der Waals surface area (Å²) >= 11 is 0. The standard InChI is InChI=1S/C16H34O/c1-6-13(2)9-7-10-14(3)11-8-12-15(4)16(5)17/h13-17H,6-12H2,1-5H3. The highest BCUT2D eigenvalue weighted by atomic mass is 16.3. The minimum Gasteiger partial charge on any atom is -0.393 e. The lowest BCUT2D eigenvalue weighted by Gasteiger charge is -2.16. The highest BCUT2D eigenvalue weighted by molar-refractivity contribution is 4.62. The molecule has 0 aliphatic rings. The third-order valence-corrected chi connectivity index (χ3v) is 4.27. The van der Waals surface area contributed by atoms with Gasteiger partial charge in [0.2, 0.25) is 0 Å². The van der Waals surface area contributed by atoms with Crippen molar-refractivity contribution in [2.75, 3.05) is 0 Å². The van der Waals surface area contributed by atoms with Gasteiger partial charge in [-0.2, -0.15) is 0 Å². The van der Waals surface area contributed by atoms with Crippen molar-refractivity contribution in [2.24, 2.45) is 17.8 Å². The van der Waals surface area contributed by atoms with Gasteiger partial charge in [-0.25, -0.2) is 0 Å². The fourth-order valence-corrected chi connectivity index (χ4v) is 2.19. The summed E-state index contributed by atoms with van der Waals surface area (Å²) in [6.07, 6.45) is 9.12. The minimum absolute atomic E-state index is 0.143. The molecule has 0 saturated carbocycles. The van der Waals surface area contributed by atoms with Gasteiger partial charge < -0.3 is 5.11 Å². The Bertz CT molecular complexity index is 165. The molecule has 104 valence electrons. The summed E-state index contributed by atoms with van der Waals surface area (Å²) in [7, 11) is 0. The maximum Gasteiger partial charge on any atom is 0.0537 e. The highest BCUT2D eigenvalue weighted by Gasteiger charge is 2.09. The first-order chi connectivity index (χ1) is 7.97. The zero-order valence-corrected chi connectivity index (χ0v) is 12.7. The van der Waals surface area contributed by atoms with Gasteiger partial charge in [-0.1, -0.05) is 66.2 Å². The second kappa shape index (κ2) is 9.94. The van der Waals surface area contributed by atoms with Crippen molar-refractivity contribution in [1.82, 2.24) is 0 Å². The summed E-state index contributed by atoms with van der Waals surface area (Å²) in [5.74, 6) is 2.22. The average Bonchev–Trinajstić information content (AvgIpc) is 2.28. The Balaban J connectivity index is 3.43. The van der Waals surface area contributed by atoms with Crippen LogP contribution in [0.1, 0.15) is 79.6 Å². The predicted octanol–water partition coefficient (Wildman–Crippen LogP) is 5.03. The fourth-order valence-electron chi connectivity index (χ4n) is 2.19. The maximum absolute atomic E-state index is 9.42. The zero-order valence-electron chi connectivity index (χ0n) is 12.7. The van der Waals surface area contributed by atoms with Crippen LogP contribution in [0.3, 0.4) is 0 Å². The molecule has 0 radical (unpaired) electrons. The lowest BCUT2D eigenvalue weighted by atomic mass is 9.91. The van der Waals surface area contributed by atoms with E-state index in [1.54, 1.807) is 0 Å². The monoisotopic (exact) mass is 242 g/mol. The normalized spacial score (nSPS) is 18.7. The molecule has 4 unspecified atom stereocenters. The van der Waals surface area contributed by atoms with Crippen LogP contribution < -0.4 is 0 Å². The lowest BCUT2D eigenvalue weighted by Crippen LogP contribution is -2.13. The van der Waals surface area contributed by atoms with Gasteiger partial charge in [0.25, 0.3) is 0 Å². The van der Waals surface area contributed by atoms with E-state index in [1.165, 1.54) is 44.9 Å². The van der Waals surface area contributed by atoms with Crippen LogP contribution in [0.2, 0.25) is 0 Å². The van der Waals surface area contributed by atoms with Crippen LogP contribution >= 0.6 is 0 Å². The SMILES string of the molecule is CCC(C)CCCC(C)CCCC(C)C(C)O. The minimum atomic E-state index is -0.143. The van der Waals surface area contributed by atoms with Crippen LogP contribution in [0.25, 0.3) is 0 Å². The topological polar surface area (TPSA) is 20.2 Å². The summed E-state index contributed by atoms with van der Waals surface area (Å²) in [5.41, 5.74) is 0. The Hall–Kier alpha value is -0.0400. The Kier molecular flexibility index (Phi) is 9.91. The third-order valence-electron chi connectivity index (χ3n) is 4.27. The molecule has 4 atom stereocenters. The quantitative estimate of drug-likeness (QED) is 0.570. The average molecular weight is 242 g/mol. The third kappa shape index (κ3) is 9.64.